The van der Waals surface area contributed by atoms with Crippen LogP contribution in [0.3, 0.4) is 0 Å². The van der Waals surface area contributed by atoms with Crippen molar-refractivity contribution < 1.29 is 4.74 Å². The van der Waals surface area contributed by atoms with Crippen LogP contribution in [0.2, 0.25) is 5.28 Å². The van der Waals surface area contributed by atoms with Gasteiger partial charge in [-0.25, -0.2) is 4.98 Å². The van der Waals surface area contributed by atoms with E-state index < -0.39 is 0 Å². The zero-order valence-electron chi connectivity index (χ0n) is 18.9. The normalized spacial score (nSPS) is 17.8. The van der Waals surface area contributed by atoms with E-state index in [1.54, 1.807) is 0 Å². The van der Waals surface area contributed by atoms with E-state index in [9.17, 15) is 0 Å². The van der Waals surface area contributed by atoms with E-state index in [0.29, 0.717) is 24.7 Å². The molecule has 2 aromatic carbocycles. The summed E-state index contributed by atoms with van der Waals surface area (Å²) in [4.78, 5) is 16.0. The molecule has 4 aromatic rings. The van der Waals surface area contributed by atoms with Crippen molar-refractivity contribution in [1.29, 1.82) is 0 Å². The summed E-state index contributed by atoms with van der Waals surface area (Å²) in [6.07, 6.45) is 7.66. The molecule has 2 saturated heterocycles. The molecule has 0 N–H and O–H groups in total. The van der Waals surface area contributed by atoms with Crippen LogP contribution in [0.4, 0.5) is 0 Å². The lowest BCUT2D eigenvalue weighted by molar-refractivity contribution is 0.111. The first-order valence-electron chi connectivity index (χ1n) is 11.9. The van der Waals surface area contributed by atoms with Crippen LogP contribution in [0, 0.1) is 0 Å². The van der Waals surface area contributed by atoms with Gasteiger partial charge in [0.2, 0.25) is 11.2 Å². The van der Waals surface area contributed by atoms with Crippen molar-refractivity contribution in [2.45, 2.75) is 51.1 Å². The maximum absolute atomic E-state index is 6.42. The average molecular weight is 462 g/mol. The molecule has 0 saturated carbocycles. The molecule has 2 aliphatic rings. The van der Waals surface area contributed by atoms with Gasteiger partial charge in [-0.15, -0.1) is 0 Å². The minimum Gasteiger partial charge on any atom is -0.474 e. The van der Waals surface area contributed by atoms with Crippen molar-refractivity contribution in [2.75, 3.05) is 19.7 Å². The molecule has 0 amide bonds. The first-order valence-corrected chi connectivity index (χ1v) is 12.3. The maximum Gasteiger partial charge on any atom is 0.244 e. The van der Waals surface area contributed by atoms with E-state index in [0.717, 1.165) is 11.9 Å². The minimum absolute atomic E-state index is 0.139. The number of halogens is 1. The lowest BCUT2D eigenvalue weighted by Crippen LogP contribution is -2.43. The second kappa shape index (κ2) is 8.26. The monoisotopic (exact) mass is 461 g/mol. The zero-order valence-corrected chi connectivity index (χ0v) is 19.7. The Hall–Kier alpha value is -2.70. The molecule has 0 atom stereocenters. The predicted octanol–water partition coefficient (Wildman–Crippen LogP) is 5.25. The highest BCUT2D eigenvalue weighted by atomic mass is 35.5. The second-order valence-corrected chi connectivity index (χ2v) is 9.67. The van der Waals surface area contributed by atoms with Crippen molar-refractivity contribution in [2.24, 2.45) is 0 Å². The summed E-state index contributed by atoms with van der Waals surface area (Å²) in [6.45, 7) is 5.84. The summed E-state index contributed by atoms with van der Waals surface area (Å²) in [6, 6.07) is 13.0. The van der Waals surface area contributed by atoms with Crippen molar-refractivity contribution in [3.05, 3.63) is 59.1 Å². The summed E-state index contributed by atoms with van der Waals surface area (Å²) >= 11 is 6.25. The van der Waals surface area contributed by atoms with Crippen LogP contribution in [0.25, 0.3) is 21.9 Å². The summed E-state index contributed by atoms with van der Waals surface area (Å²) in [5, 5.41) is 2.75. The summed E-state index contributed by atoms with van der Waals surface area (Å²) in [5.41, 5.74) is 4.13. The Morgan fingerprint density at radius 1 is 1.03 bits per heavy atom. The van der Waals surface area contributed by atoms with Gasteiger partial charge in [-0.1, -0.05) is 43.3 Å². The zero-order chi connectivity index (χ0) is 22.4. The number of fused-ring (bicyclic) bond motifs is 3. The topological polar surface area (TPSA) is 56.1 Å². The van der Waals surface area contributed by atoms with Crippen LogP contribution >= 0.6 is 11.6 Å². The summed E-state index contributed by atoms with van der Waals surface area (Å²) < 4.78 is 8.52. The highest BCUT2D eigenvalue weighted by molar-refractivity contribution is 6.28. The Balaban J connectivity index is 1.38. The van der Waals surface area contributed by atoms with E-state index in [1.165, 1.54) is 60.7 Å². The Morgan fingerprint density at radius 2 is 1.79 bits per heavy atom. The standard InChI is InChI=1S/C26H28ClN5O/c1-2-18-7-3-8-19-9-4-10-20(21(18)19)15-31-17-28-23-22(31)24(30-25(27)29-23)33-16-26-11-5-13-32(26)14-6-12-26/h3-4,7-10,17H,2,5-6,11-16H2,1H3. The first kappa shape index (κ1) is 20.9. The smallest absolute Gasteiger partial charge is 0.244 e. The Labute approximate surface area is 198 Å². The molecule has 0 bridgehead atoms. The molecule has 4 heterocycles. The number of nitrogens with zero attached hydrogens (tertiary/aromatic N) is 5. The largest absolute Gasteiger partial charge is 0.474 e. The Bertz CT molecular complexity index is 1320. The number of benzene rings is 2. The number of imidazole rings is 1. The third kappa shape index (κ3) is 3.56. The van der Waals surface area contributed by atoms with Crippen LogP contribution in [0.5, 0.6) is 5.88 Å². The minimum atomic E-state index is 0.139. The molecular weight excluding hydrogens is 434 g/mol. The number of aryl methyl sites for hydroxylation is 1. The van der Waals surface area contributed by atoms with Gasteiger partial charge in [0.1, 0.15) is 6.61 Å². The molecule has 0 aliphatic carbocycles. The molecule has 0 radical (unpaired) electrons. The lowest BCUT2D eigenvalue weighted by atomic mass is 9.95. The number of hydrogen-bond donors (Lipinski definition) is 0. The average Bonchev–Trinajstić information content (AvgIpc) is 3.51. The van der Waals surface area contributed by atoms with Gasteiger partial charge in [0.15, 0.2) is 11.2 Å². The molecule has 6 rings (SSSR count). The van der Waals surface area contributed by atoms with Crippen molar-refractivity contribution in [3.63, 3.8) is 0 Å². The highest BCUT2D eigenvalue weighted by Crippen LogP contribution is 2.39. The number of aromatic nitrogens is 4. The van der Waals surface area contributed by atoms with E-state index in [1.807, 2.05) is 6.33 Å². The predicted molar refractivity (Wildman–Crippen MR) is 131 cm³/mol. The van der Waals surface area contributed by atoms with E-state index in [4.69, 9.17) is 16.3 Å². The highest BCUT2D eigenvalue weighted by Gasteiger charge is 2.45. The molecule has 2 aliphatic heterocycles. The lowest BCUT2D eigenvalue weighted by Gasteiger charge is -2.31. The van der Waals surface area contributed by atoms with E-state index in [2.05, 4.69) is 67.7 Å². The van der Waals surface area contributed by atoms with E-state index in [-0.39, 0.29) is 10.8 Å². The van der Waals surface area contributed by atoms with Crippen LogP contribution in [0.1, 0.15) is 43.7 Å². The van der Waals surface area contributed by atoms with Crippen molar-refractivity contribution in [1.82, 2.24) is 24.4 Å². The third-order valence-corrected chi connectivity index (χ3v) is 7.67. The molecule has 33 heavy (non-hydrogen) atoms. The fourth-order valence-corrected chi connectivity index (χ4v) is 6.07. The summed E-state index contributed by atoms with van der Waals surface area (Å²) in [5.74, 6) is 0.534. The second-order valence-electron chi connectivity index (χ2n) is 9.34. The van der Waals surface area contributed by atoms with Gasteiger partial charge < -0.3 is 9.30 Å². The van der Waals surface area contributed by atoms with Gasteiger partial charge in [0, 0.05) is 6.54 Å². The van der Waals surface area contributed by atoms with Crippen LogP contribution < -0.4 is 4.74 Å². The summed E-state index contributed by atoms with van der Waals surface area (Å²) in [7, 11) is 0. The van der Waals surface area contributed by atoms with Crippen LogP contribution in [-0.4, -0.2) is 49.7 Å². The molecule has 0 unspecified atom stereocenters. The van der Waals surface area contributed by atoms with E-state index >= 15 is 0 Å². The molecule has 2 fully saturated rings. The Kier molecular flexibility index (Phi) is 5.23. The fourth-order valence-electron chi connectivity index (χ4n) is 5.92. The molecule has 0 spiro atoms. The quantitative estimate of drug-likeness (QED) is 0.367. The van der Waals surface area contributed by atoms with Gasteiger partial charge in [-0.3, -0.25) is 4.90 Å². The van der Waals surface area contributed by atoms with Crippen molar-refractivity contribution in [3.8, 4) is 5.88 Å². The Morgan fingerprint density at radius 3 is 2.55 bits per heavy atom. The first-order chi connectivity index (χ1) is 16.2. The molecule has 7 heteroatoms. The van der Waals surface area contributed by atoms with Gasteiger partial charge in [-0.2, -0.15) is 9.97 Å². The van der Waals surface area contributed by atoms with Gasteiger partial charge in [0.25, 0.3) is 0 Å². The van der Waals surface area contributed by atoms with Gasteiger partial charge in [0.05, 0.1) is 11.9 Å². The maximum atomic E-state index is 6.42. The number of rotatable bonds is 6. The van der Waals surface area contributed by atoms with Crippen LogP contribution in [0.15, 0.2) is 42.7 Å². The van der Waals surface area contributed by atoms with Crippen molar-refractivity contribution >= 4 is 33.5 Å². The molecule has 6 nitrogen and oxygen atoms in total. The third-order valence-electron chi connectivity index (χ3n) is 7.50. The molecule has 2 aromatic heterocycles. The molecule has 170 valence electrons. The fraction of sp³-hybridized carbons (Fsp3) is 0.423. The SMILES string of the molecule is CCc1cccc2cccc(Cn3cnc4nc(Cl)nc(OCC56CCCN5CCC6)c43)c12. The van der Waals surface area contributed by atoms with Gasteiger partial charge in [-0.05, 0) is 78.7 Å². The number of hydrogen-bond acceptors (Lipinski definition) is 5. The number of ether oxygens (including phenoxy) is 1. The molecular formula is C26H28ClN5O. The van der Waals surface area contributed by atoms with Crippen LogP contribution in [-0.2, 0) is 13.0 Å². The van der Waals surface area contributed by atoms with Gasteiger partial charge >= 0.3 is 0 Å².